The van der Waals surface area contributed by atoms with Crippen LogP contribution in [0, 0.1) is 0 Å². The molecule has 5 nitrogen and oxygen atoms in total. The summed E-state index contributed by atoms with van der Waals surface area (Å²) in [4.78, 5) is 15.9. The van der Waals surface area contributed by atoms with Crippen molar-refractivity contribution in [1.29, 1.82) is 0 Å². The molecule has 0 fully saturated rings. The number of Topliss-reactive ketones (excluding diaryl/α,β-unsaturated/α-hetero) is 1. The summed E-state index contributed by atoms with van der Waals surface area (Å²) in [6.07, 6.45) is 0.482. The van der Waals surface area contributed by atoms with Crippen molar-refractivity contribution < 1.29 is 14.1 Å². The Morgan fingerprint density at radius 2 is 1.83 bits per heavy atom. The number of rotatable bonds is 6. The van der Waals surface area contributed by atoms with Crippen molar-refractivity contribution in [2.24, 2.45) is 0 Å². The Bertz CT molecular complexity index is 826. The maximum atomic E-state index is 11.6. The predicted octanol–water partition coefficient (Wildman–Crippen LogP) is 4.56. The Morgan fingerprint density at radius 3 is 2.50 bits per heavy atom. The van der Waals surface area contributed by atoms with Gasteiger partial charge in [0.05, 0.1) is 0 Å². The van der Waals surface area contributed by atoms with Gasteiger partial charge < -0.3 is 9.26 Å². The minimum atomic E-state index is 0.103. The first kappa shape index (κ1) is 16.2. The van der Waals surface area contributed by atoms with E-state index in [0.29, 0.717) is 34.5 Å². The number of halogens is 1. The predicted molar refractivity (Wildman–Crippen MR) is 90.1 cm³/mol. The summed E-state index contributed by atoms with van der Waals surface area (Å²) in [7, 11) is 0. The zero-order valence-electron chi connectivity index (χ0n) is 13.0. The minimum absolute atomic E-state index is 0.103. The molecule has 0 saturated heterocycles. The maximum Gasteiger partial charge on any atom is 0.264 e. The van der Waals surface area contributed by atoms with Gasteiger partial charge in [0, 0.05) is 22.6 Å². The SMILES string of the molecule is CCC(=O)c1ccc(OCc2nc(-c3ccc(Cl)cc3)no2)cc1. The molecular formula is C18H15ClN2O3. The number of aromatic nitrogens is 2. The first-order valence-corrected chi connectivity index (χ1v) is 7.88. The highest BCUT2D eigenvalue weighted by molar-refractivity contribution is 6.30. The molecular weight excluding hydrogens is 328 g/mol. The second kappa shape index (κ2) is 7.27. The van der Waals surface area contributed by atoms with Gasteiger partial charge in [0.15, 0.2) is 12.4 Å². The molecule has 122 valence electrons. The molecule has 3 aromatic rings. The molecule has 0 unspecified atom stereocenters. The van der Waals surface area contributed by atoms with Gasteiger partial charge in [0.25, 0.3) is 5.89 Å². The normalized spacial score (nSPS) is 10.6. The van der Waals surface area contributed by atoms with E-state index in [1.807, 2.05) is 19.1 Å². The third-order valence-electron chi connectivity index (χ3n) is 3.43. The first-order valence-electron chi connectivity index (χ1n) is 7.50. The van der Waals surface area contributed by atoms with Gasteiger partial charge in [0.2, 0.25) is 5.82 Å². The summed E-state index contributed by atoms with van der Waals surface area (Å²) in [5, 5.41) is 4.57. The molecule has 3 rings (SSSR count). The number of carbonyl (C=O) groups excluding carboxylic acids is 1. The van der Waals surface area contributed by atoms with E-state index in [0.717, 1.165) is 5.56 Å². The molecule has 6 heteroatoms. The van der Waals surface area contributed by atoms with Gasteiger partial charge >= 0.3 is 0 Å². The number of hydrogen-bond donors (Lipinski definition) is 0. The Morgan fingerprint density at radius 1 is 1.12 bits per heavy atom. The number of ether oxygens (including phenoxy) is 1. The van der Waals surface area contributed by atoms with Crippen molar-refractivity contribution >= 4 is 17.4 Å². The fourth-order valence-electron chi connectivity index (χ4n) is 2.12. The lowest BCUT2D eigenvalue weighted by atomic mass is 10.1. The van der Waals surface area contributed by atoms with E-state index in [-0.39, 0.29) is 12.4 Å². The standard InChI is InChI=1S/C18H15ClN2O3/c1-2-16(22)12-5-9-15(10-6-12)23-11-17-20-18(21-24-17)13-3-7-14(19)8-4-13/h3-10H,2,11H2,1H3. The van der Waals surface area contributed by atoms with Crippen LogP contribution in [0.15, 0.2) is 53.1 Å². The Labute approximate surface area is 144 Å². The molecule has 2 aromatic carbocycles. The quantitative estimate of drug-likeness (QED) is 0.614. The summed E-state index contributed by atoms with van der Waals surface area (Å²) in [5.41, 5.74) is 1.49. The summed E-state index contributed by atoms with van der Waals surface area (Å²) >= 11 is 5.86. The summed E-state index contributed by atoms with van der Waals surface area (Å²) in [6, 6.07) is 14.2. The molecule has 0 amide bonds. The zero-order valence-corrected chi connectivity index (χ0v) is 13.8. The van der Waals surface area contributed by atoms with Crippen LogP contribution in [-0.4, -0.2) is 15.9 Å². The fraction of sp³-hybridized carbons (Fsp3) is 0.167. The molecule has 0 atom stereocenters. The second-order valence-corrected chi connectivity index (χ2v) is 5.54. The lowest BCUT2D eigenvalue weighted by Crippen LogP contribution is -1.98. The van der Waals surface area contributed by atoms with Crippen molar-refractivity contribution in [3.05, 3.63) is 65.0 Å². The third-order valence-corrected chi connectivity index (χ3v) is 3.68. The molecule has 0 saturated carbocycles. The van der Waals surface area contributed by atoms with E-state index < -0.39 is 0 Å². The molecule has 0 aliphatic rings. The molecule has 0 radical (unpaired) electrons. The third kappa shape index (κ3) is 3.81. The number of hydrogen-bond acceptors (Lipinski definition) is 5. The van der Waals surface area contributed by atoms with E-state index in [1.54, 1.807) is 36.4 Å². The lowest BCUT2D eigenvalue weighted by Gasteiger charge is -2.04. The van der Waals surface area contributed by atoms with Gasteiger partial charge in [-0.25, -0.2) is 0 Å². The molecule has 1 aromatic heterocycles. The number of benzene rings is 2. The van der Waals surface area contributed by atoms with Gasteiger partial charge in [-0.2, -0.15) is 4.98 Å². The van der Waals surface area contributed by atoms with E-state index >= 15 is 0 Å². The zero-order chi connectivity index (χ0) is 16.9. The molecule has 0 N–H and O–H groups in total. The van der Waals surface area contributed by atoms with E-state index in [2.05, 4.69) is 10.1 Å². The van der Waals surface area contributed by atoms with Crippen LogP contribution in [0.5, 0.6) is 5.75 Å². The molecule has 1 heterocycles. The highest BCUT2D eigenvalue weighted by atomic mass is 35.5. The summed E-state index contributed by atoms with van der Waals surface area (Å²) < 4.78 is 10.8. The van der Waals surface area contributed by atoms with Crippen molar-refractivity contribution in [2.45, 2.75) is 20.0 Å². The van der Waals surface area contributed by atoms with Crippen LogP contribution in [0.1, 0.15) is 29.6 Å². The Hall–Kier alpha value is -2.66. The second-order valence-electron chi connectivity index (χ2n) is 5.11. The molecule has 0 aliphatic carbocycles. The summed E-state index contributed by atoms with van der Waals surface area (Å²) in [6.45, 7) is 1.99. The highest BCUT2D eigenvalue weighted by Crippen LogP contribution is 2.20. The highest BCUT2D eigenvalue weighted by Gasteiger charge is 2.09. The van der Waals surface area contributed by atoms with E-state index in [4.69, 9.17) is 20.9 Å². The van der Waals surface area contributed by atoms with Gasteiger partial charge in [-0.3, -0.25) is 4.79 Å². The molecule has 0 aliphatic heterocycles. The van der Waals surface area contributed by atoms with Crippen LogP contribution >= 0.6 is 11.6 Å². The minimum Gasteiger partial charge on any atom is -0.484 e. The van der Waals surface area contributed by atoms with Crippen molar-refractivity contribution in [3.8, 4) is 17.1 Å². The fourth-order valence-corrected chi connectivity index (χ4v) is 2.24. The monoisotopic (exact) mass is 342 g/mol. The molecule has 0 spiro atoms. The van der Waals surface area contributed by atoms with Crippen LogP contribution in [0.4, 0.5) is 0 Å². The van der Waals surface area contributed by atoms with Gasteiger partial charge in [-0.15, -0.1) is 0 Å². The Balaban J connectivity index is 1.63. The van der Waals surface area contributed by atoms with Gasteiger partial charge in [0.1, 0.15) is 5.75 Å². The number of nitrogens with zero attached hydrogens (tertiary/aromatic N) is 2. The molecule has 24 heavy (non-hydrogen) atoms. The lowest BCUT2D eigenvalue weighted by molar-refractivity contribution is 0.0988. The van der Waals surface area contributed by atoms with Crippen LogP contribution < -0.4 is 4.74 Å². The van der Waals surface area contributed by atoms with Crippen LogP contribution in [0.3, 0.4) is 0 Å². The van der Waals surface area contributed by atoms with Crippen LogP contribution in [0.2, 0.25) is 5.02 Å². The average Bonchev–Trinajstić information content (AvgIpc) is 3.09. The Kier molecular flexibility index (Phi) is 4.91. The van der Waals surface area contributed by atoms with Crippen molar-refractivity contribution in [3.63, 3.8) is 0 Å². The van der Waals surface area contributed by atoms with Crippen molar-refractivity contribution in [2.75, 3.05) is 0 Å². The first-order chi connectivity index (χ1) is 11.7. The van der Waals surface area contributed by atoms with Gasteiger partial charge in [-0.1, -0.05) is 23.7 Å². The van der Waals surface area contributed by atoms with Crippen LogP contribution in [-0.2, 0) is 6.61 Å². The average molecular weight is 343 g/mol. The number of ketones is 1. The largest absolute Gasteiger partial charge is 0.484 e. The van der Waals surface area contributed by atoms with E-state index in [1.165, 1.54) is 0 Å². The van der Waals surface area contributed by atoms with Crippen LogP contribution in [0.25, 0.3) is 11.4 Å². The van der Waals surface area contributed by atoms with E-state index in [9.17, 15) is 4.79 Å². The van der Waals surface area contributed by atoms with Gasteiger partial charge in [-0.05, 0) is 48.5 Å². The number of carbonyl (C=O) groups is 1. The molecule has 0 bridgehead atoms. The van der Waals surface area contributed by atoms with Crippen molar-refractivity contribution in [1.82, 2.24) is 10.1 Å². The maximum absolute atomic E-state index is 11.6. The smallest absolute Gasteiger partial charge is 0.264 e. The topological polar surface area (TPSA) is 65.2 Å². The summed E-state index contributed by atoms with van der Waals surface area (Å²) in [5.74, 6) is 1.59.